The second-order valence-electron chi connectivity index (χ2n) is 4.53. The van der Waals surface area contributed by atoms with Crippen molar-refractivity contribution in [3.63, 3.8) is 0 Å². The fourth-order valence-electron chi connectivity index (χ4n) is 2.06. The fourth-order valence-corrected chi connectivity index (χ4v) is 2.06. The minimum atomic E-state index is -4.72. The van der Waals surface area contributed by atoms with Gasteiger partial charge < -0.3 is 4.90 Å². The Labute approximate surface area is 87.4 Å². The maximum atomic E-state index is 12.1. The molecule has 2 nitrogen and oxygen atoms in total. The molecule has 1 atom stereocenters. The number of hydrogen-bond donors (Lipinski definition) is 0. The molecule has 1 unspecified atom stereocenters. The predicted octanol–water partition coefficient (Wildman–Crippen LogP) is 2.44. The molecule has 1 heterocycles. The highest BCUT2D eigenvalue weighted by Gasteiger charge is 2.44. The molecule has 0 saturated carbocycles. The summed E-state index contributed by atoms with van der Waals surface area (Å²) >= 11 is 0. The zero-order valence-electron chi connectivity index (χ0n) is 8.97. The van der Waals surface area contributed by atoms with E-state index in [1.807, 2.05) is 13.8 Å². The molecule has 1 amide bonds. The smallest absolute Gasteiger partial charge is 0.335 e. The van der Waals surface area contributed by atoms with Crippen LogP contribution in [0.2, 0.25) is 0 Å². The number of carbonyl (C=O) groups is 1. The van der Waals surface area contributed by atoms with Crippen molar-refractivity contribution >= 4 is 5.91 Å². The molecule has 1 aliphatic heterocycles. The lowest BCUT2D eigenvalue weighted by Gasteiger charge is -2.18. The van der Waals surface area contributed by atoms with Gasteiger partial charge >= 0.3 is 12.1 Å². The molecule has 1 saturated heterocycles. The SMILES string of the molecule is CC(C)CC1CCN(C(=O)C(F)(F)F)C1. The summed E-state index contributed by atoms with van der Waals surface area (Å²) in [5, 5.41) is 0. The highest BCUT2D eigenvalue weighted by Crippen LogP contribution is 2.27. The Bertz CT molecular complexity index is 237. The van der Waals surface area contributed by atoms with Gasteiger partial charge in [0.1, 0.15) is 0 Å². The monoisotopic (exact) mass is 223 g/mol. The molecule has 0 spiro atoms. The quantitative estimate of drug-likeness (QED) is 0.704. The highest BCUT2D eigenvalue weighted by atomic mass is 19.4. The van der Waals surface area contributed by atoms with E-state index in [2.05, 4.69) is 0 Å². The van der Waals surface area contributed by atoms with Crippen molar-refractivity contribution in [2.24, 2.45) is 11.8 Å². The molecule has 1 rings (SSSR count). The van der Waals surface area contributed by atoms with Gasteiger partial charge in [-0.05, 0) is 24.7 Å². The molecule has 1 fully saturated rings. The van der Waals surface area contributed by atoms with Gasteiger partial charge in [0, 0.05) is 13.1 Å². The Kier molecular flexibility index (Phi) is 3.62. The summed E-state index contributed by atoms with van der Waals surface area (Å²) in [7, 11) is 0. The van der Waals surface area contributed by atoms with Crippen LogP contribution in [-0.2, 0) is 4.79 Å². The van der Waals surface area contributed by atoms with Crippen LogP contribution in [0.4, 0.5) is 13.2 Å². The number of hydrogen-bond acceptors (Lipinski definition) is 1. The molecule has 0 aromatic rings. The highest BCUT2D eigenvalue weighted by molar-refractivity contribution is 5.82. The van der Waals surface area contributed by atoms with Crippen LogP contribution in [0.1, 0.15) is 26.7 Å². The topological polar surface area (TPSA) is 20.3 Å². The van der Waals surface area contributed by atoms with Crippen LogP contribution in [0.5, 0.6) is 0 Å². The van der Waals surface area contributed by atoms with Crippen molar-refractivity contribution in [3.05, 3.63) is 0 Å². The van der Waals surface area contributed by atoms with Gasteiger partial charge in [0.15, 0.2) is 0 Å². The Morgan fingerprint density at radius 3 is 2.53 bits per heavy atom. The van der Waals surface area contributed by atoms with Crippen LogP contribution in [0, 0.1) is 11.8 Å². The molecule has 0 aromatic carbocycles. The lowest BCUT2D eigenvalue weighted by molar-refractivity contribution is -0.184. The van der Waals surface area contributed by atoms with Gasteiger partial charge in [-0.3, -0.25) is 4.79 Å². The number of amides is 1. The van der Waals surface area contributed by atoms with E-state index in [1.54, 1.807) is 0 Å². The number of alkyl halides is 3. The van der Waals surface area contributed by atoms with E-state index in [0.717, 1.165) is 11.3 Å². The van der Waals surface area contributed by atoms with Crippen molar-refractivity contribution in [2.75, 3.05) is 13.1 Å². The molecule has 0 aromatic heterocycles. The van der Waals surface area contributed by atoms with Gasteiger partial charge in [-0.1, -0.05) is 13.8 Å². The van der Waals surface area contributed by atoms with Gasteiger partial charge in [-0.2, -0.15) is 13.2 Å². The third-order valence-corrected chi connectivity index (χ3v) is 2.62. The first-order valence-corrected chi connectivity index (χ1v) is 5.16. The average molecular weight is 223 g/mol. The Morgan fingerprint density at radius 2 is 2.07 bits per heavy atom. The first-order chi connectivity index (χ1) is 6.80. The average Bonchev–Trinajstić information content (AvgIpc) is 2.48. The molecular formula is C10H16F3NO. The van der Waals surface area contributed by atoms with Gasteiger partial charge in [0.05, 0.1) is 0 Å². The van der Waals surface area contributed by atoms with Crippen molar-refractivity contribution in [1.29, 1.82) is 0 Å². The minimum Gasteiger partial charge on any atom is -0.335 e. The number of halogens is 3. The van der Waals surface area contributed by atoms with Crippen molar-refractivity contribution in [3.8, 4) is 0 Å². The summed E-state index contributed by atoms with van der Waals surface area (Å²) in [6, 6.07) is 0. The summed E-state index contributed by atoms with van der Waals surface area (Å²) < 4.78 is 36.3. The number of likely N-dealkylation sites (tertiary alicyclic amines) is 1. The van der Waals surface area contributed by atoms with Crippen molar-refractivity contribution in [1.82, 2.24) is 4.90 Å². The predicted molar refractivity (Wildman–Crippen MR) is 50.2 cm³/mol. The fraction of sp³-hybridized carbons (Fsp3) is 0.900. The van der Waals surface area contributed by atoms with Crippen LogP contribution in [0.3, 0.4) is 0 Å². The second-order valence-corrected chi connectivity index (χ2v) is 4.53. The van der Waals surface area contributed by atoms with E-state index < -0.39 is 12.1 Å². The van der Waals surface area contributed by atoms with E-state index in [1.165, 1.54) is 0 Å². The van der Waals surface area contributed by atoms with Gasteiger partial charge in [0.2, 0.25) is 0 Å². The molecule has 88 valence electrons. The van der Waals surface area contributed by atoms with E-state index in [0.29, 0.717) is 12.3 Å². The van der Waals surface area contributed by atoms with Gasteiger partial charge in [0.25, 0.3) is 0 Å². The first-order valence-electron chi connectivity index (χ1n) is 5.16. The van der Waals surface area contributed by atoms with Crippen LogP contribution in [-0.4, -0.2) is 30.1 Å². The maximum Gasteiger partial charge on any atom is 0.471 e. The van der Waals surface area contributed by atoms with Crippen molar-refractivity contribution < 1.29 is 18.0 Å². The van der Waals surface area contributed by atoms with E-state index in [-0.39, 0.29) is 19.0 Å². The second kappa shape index (κ2) is 4.41. The molecule has 1 aliphatic rings. The Balaban J connectivity index is 2.46. The Morgan fingerprint density at radius 1 is 1.47 bits per heavy atom. The summed E-state index contributed by atoms with van der Waals surface area (Å²) in [6.45, 7) is 4.58. The molecule has 0 N–H and O–H groups in total. The summed E-state index contributed by atoms with van der Waals surface area (Å²) in [6.07, 6.45) is -3.13. The normalized spacial score (nSPS) is 22.5. The first kappa shape index (κ1) is 12.3. The lowest BCUT2D eigenvalue weighted by atomic mass is 9.97. The van der Waals surface area contributed by atoms with Crippen LogP contribution >= 0.6 is 0 Å². The van der Waals surface area contributed by atoms with Crippen molar-refractivity contribution in [2.45, 2.75) is 32.9 Å². The molecule has 0 radical (unpaired) electrons. The molecule has 15 heavy (non-hydrogen) atoms. The molecule has 0 aliphatic carbocycles. The zero-order chi connectivity index (χ0) is 11.6. The largest absolute Gasteiger partial charge is 0.471 e. The van der Waals surface area contributed by atoms with Crippen LogP contribution in [0.25, 0.3) is 0 Å². The number of nitrogens with zero attached hydrogens (tertiary/aromatic N) is 1. The van der Waals surface area contributed by atoms with E-state index in [9.17, 15) is 18.0 Å². The molecule has 5 heteroatoms. The number of rotatable bonds is 2. The number of carbonyl (C=O) groups excluding carboxylic acids is 1. The van der Waals surface area contributed by atoms with Crippen LogP contribution in [0.15, 0.2) is 0 Å². The zero-order valence-corrected chi connectivity index (χ0v) is 8.97. The third kappa shape index (κ3) is 3.39. The van der Waals surface area contributed by atoms with E-state index >= 15 is 0 Å². The molecule has 0 bridgehead atoms. The van der Waals surface area contributed by atoms with E-state index in [4.69, 9.17) is 0 Å². The maximum absolute atomic E-state index is 12.1. The lowest BCUT2D eigenvalue weighted by Crippen LogP contribution is -2.39. The summed E-state index contributed by atoms with van der Waals surface area (Å²) in [4.78, 5) is 11.8. The van der Waals surface area contributed by atoms with Gasteiger partial charge in [-0.15, -0.1) is 0 Å². The van der Waals surface area contributed by atoms with Gasteiger partial charge in [-0.25, -0.2) is 0 Å². The molecular weight excluding hydrogens is 207 g/mol. The third-order valence-electron chi connectivity index (χ3n) is 2.62. The van der Waals surface area contributed by atoms with Crippen LogP contribution < -0.4 is 0 Å². The summed E-state index contributed by atoms with van der Waals surface area (Å²) in [5.41, 5.74) is 0. The summed E-state index contributed by atoms with van der Waals surface area (Å²) in [5.74, 6) is -0.985. The standard InChI is InChI=1S/C10H16F3NO/c1-7(2)5-8-3-4-14(6-8)9(15)10(11,12)13/h7-8H,3-6H2,1-2H3. The minimum absolute atomic E-state index is 0.233. The Hall–Kier alpha value is -0.740.